The quantitative estimate of drug-likeness (QED) is 0.266. The number of carbonyl (C=O) groups is 1. The lowest BCUT2D eigenvalue weighted by atomic mass is 10.0. The summed E-state index contributed by atoms with van der Waals surface area (Å²) in [5.41, 5.74) is 3.62. The minimum absolute atomic E-state index is 0.106. The normalized spacial score (nSPS) is 11.3. The van der Waals surface area contributed by atoms with Crippen molar-refractivity contribution in [3.63, 3.8) is 0 Å². The molecule has 3 rings (SSSR count). The van der Waals surface area contributed by atoms with E-state index in [9.17, 15) is 4.79 Å². The van der Waals surface area contributed by atoms with Crippen LogP contribution in [0.2, 0.25) is 0 Å². The van der Waals surface area contributed by atoms with Crippen LogP contribution in [0.3, 0.4) is 0 Å². The first kappa shape index (κ1) is 22.8. The van der Waals surface area contributed by atoms with Crippen LogP contribution in [0.4, 0.5) is 0 Å². The lowest BCUT2D eigenvalue weighted by Gasteiger charge is -2.12. The van der Waals surface area contributed by atoms with Gasteiger partial charge in [0.15, 0.2) is 0 Å². The summed E-state index contributed by atoms with van der Waals surface area (Å²) >= 11 is 3.40. The third-order valence-electron chi connectivity index (χ3n) is 5.00. The average molecular weight is 483 g/mol. The number of hydrogen-bond acceptors (Lipinski definition) is 4. The Labute approximate surface area is 191 Å². The average Bonchev–Trinajstić information content (AvgIpc) is 3.16. The molecule has 162 valence electrons. The van der Waals surface area contributed by atoms with Crippen LogP contribution in [0.25, 0.3) is 6.08 Å². The summed E-state index contributed by atoms with van der Waals surface area (Å²) in [6.45, 7) is 7.28. The van der Waals surface area contributed by atoms with E-state index in [2.05, 4.69) is 47.0 Å². The molecule has 0 unspecified atom stereocenters. The minimum atomic E-state index is -0.106. The summed E-state index contributed by atoms with van der Waals surface area (Å²) in [5.74, 6) is 1.93. The van der Waals surface area contributed by atoms with Gasteiger partial charge in [-0.2, -0.15) is 5.10 Å². The van der Waals surface area contributed by atoms with E-state index in [-0.39, 0.29) is 5.78 Å². The number of allylic oxidation sites excluding steroid dienone is 1. The number of ketones is 1. The molecule has 0 N–H and O–H groups in total. The second kappa shape index (κ2) is 10.4. The van der Waals surface area contributed by atoms with Crippen LogP contribution in [0.1, 0.15) is 53.9 Å². The van der Waals surface area contributed by atoms with Crippen LogP contribution in [-0.2, 0) is 13.2 Å². The number of benzene rings is 2. The number of ether oxygens (including phenoxy) is 2. The van der Waals surface area contributed by atoms with E-state index in [0.717, 1.165) is 22.6 Å². The molecule has 0 atom stereocenters. The minimum Gasteiger partial charge on any atom is -0.496 e. The summed E-state index contributed by atoms with van der Waals surface area (Å²) in [7, 11) is 1.64. The van der Waals surface area contributed by atoms with Crippen molar-refractivity contribution in [3.8, 4) is 11.5 Å². The highest BCUT2D eigenvalue weighted by molar-refractivity contribution is 9.10. The van der Waals surface area contributed by atoms with E-state index >= 15 is 0 Å². The zero-order valence-electron chi connectivity index (χ0n) is 18.3. The highest BCUT2D eigenvalue weighted by Gasteiger charge is 2.14. The van der Waals surface area contributed by atoms with E-state index < -0.39 is 0 Å². The molecule has 2 aromatic carbocycles. The zero-order valence-corrected chi connectivity index (χ0v) is 19.8. The lowest BCUT2D eigenvalue weighted by Crippen LogP contribution is -2.07. The molecule has 0 fully saturated rings. The van der Waals surface area contributed by atoms with Crippen molar-refractivity contribution in [3.05, 3.63) is 81.6 Å². The number of methoxy groups -OCH3 is 1. The Hall–Kier alpha value is -2.86. The molecule has 31 heavy (non-hydrogen) atoms. The third-order valence-corrected chi connectivity index (χ3v) is 5.58. The van der Waals surface area contributed by atoms with E-state index in [1.807, 2.05) is 37.3 Å². The van der Waals surface area contributed by atoms with E-state index in [0.29, 0.717) is 29.2 Å². The highest BCUT2D eigenvalue weighted by Crippen LogP contribution is 2.25. The molecule has 1 heterocycles. The monoisotopic (exact) mass is 482 g/mol. The fourth-order valence-electron chi connectivity index (χ4n) is 3.22. The molecule has 5 nitrogen and oxygen atoms in total. The van der Waals surface area contributed by atoms with Crippen molar-refractivity contribution in [2.45, 2.75) is 39.8 Å². The zero-order chi connectivity index (χ0) is 22.4. The van der Waals surface area contributed by atoms with Crippen LogP contribution in [0, 0.1) is 0 Å². The molecule has 6 heteroatoms. The second-order valence-corrected chi connectivity index (χ2v) is 8.29. The molecule has 0 aliphatic heterocycles. The molecule has 0 amide bonds. The molecule has 0 spiro atoms. The largest absolute Gasteiger partial charge is 0.496 e. The van der Waals surface area contributed by atoms with E-state index in [1.54, 1.807) is 30.1 Å². The Morgan fingerprint density at radius 2 is 1.94 bits per heavy atom. The summed E-state index contributed by atoms with van der Waals surface area (Å²) in [6.07, 6.45) is 4.99. The van der Waals surface area contributed by atoms with E-state index in [1.165, 1.54) is 5.56 Å². The standard InChI is InChI=1S/C25H27BrN2O3/c1-5-28-25(22(26)15-27-28)23(29)12-6-18-7-13-24(30-4)20(14-18)16-31-21-10-8-19(9-11-21)17(2)3/h6-15,17H,5,16H2,1-4H3/b12-6+. The lowest BCUT2D eigenvalue weighted by molar-refractivity contribution is 0.103. The van der Waals surface area contributed by atoms with E-state index in [4.69, 9.17) is 9.47 Å². The van der Waals surface area contributed by atoms with Gasteiger partial charge in [-0.15, -0.1) is 0 Å². The second-order valence-electron chi connectivity index (χ2n) is 7.44. The summed E-state index contributed by atoms with van der Waals surface area (Å²) in [6, 6.07) is 13.9. The first-order valence-corrected chi connectivity index (χ1v) is 11.1. The molecule has 0 aliphatic rings. The van der Waals surface area contributed by atoms with Crippen LogP contribution in [0.15, 0.2) is 59.2 Å². The summed E-state index contributed by atoms with van der Waals surface area (Å²) in [5, 5.41) is 4.20. The topological polar surface area (TPSA) is 53.4 Å². The van der Waals surface area contributed by atoms with Gasteiger partial charge in [0, 0.05) is 12.1 Å². The Kier molecular flexibility index (Phi) is 7.69. The molecule has 0 saturated heterocycles. The SMILES string of the molecule is CCn1ncc(Br)c1C(=O)/C=C/c1ccc(OC)c(COc2ccc(C(C)C)cc2)c1. The number of aryl methyl sites for hydroxylation is 1. The Morgan fingerprint density at radius 1 is 1.19 bits per heavy atom. The van der Waals surface area contributed by atoms with Crippen molar-refractivity contribution in [2.24, 2.45) is 0 Å². The molecular weight excluding hydrogens is 456 g/mol. The predicted molar refractivity (Wildman–Crippen MR) is 127 cm³/mol. The first-order valence-electron chi connectivity index (χ1n) is 10.3. The van der Waals surface area contributed by atoms with Crippen molar-refractivity contribution in [2.75, 3.05) is 7.11 Å². The maximum Gasteiger partial charge on any atom is 0.205 e. The van der Waals surface area contributed by atoms with Gasteiger partial charge < -0.3 is 9.47 Å². The van der Waals surface area contributed by atoms with Gasteiger partial charge in [-0.1, -0.05) is 38.1 Å². The van der Waals surface area contributed by atoms with Crippen molar-refractivity contribution < 1.29 is 14.3 Å². The number of aromatic nitrogens is 2. The molecule has 1 aromatic heterocycles. The molecule has 0 aliphatic carbocycles. The maximum atomic E-state index is 12.6. The van der Waals surface area contributed by atoms with Crippen LogP contribution < -0.4 is 9.47 Å². The highest BCUT2D eigenvalue weighted by atomic mass is 79.9. The van der Waals surface area contributed by atoms with Crippen molar-refractivity contribution in [1.82, 2.24) is 9.78 Å². The summed E-state index contributed by atoms with van der Waals surface area (Å²) < 4.78 is 13.8. The van der Waals surface area contributed by atoms with Crippen molar-refractivity contribution in [1.29, 1.82) is 0 Å². The van der Waals surface area contributed by atoms with Gasteiger partial charge in [0.1, 0.15) is 23.8 Å². The number of hydrogen-bond donors (Lipinski definition) is 0. The number of rotatable bonds is 9. The molecule has 0 saturated carbocycles. The molecular formula is C25H27BrN2O3. The number of carbonyl (C=O) groups excluding carboxylic acids is 1. The predicted octanol–water partition coefficient (Wildman–Crippen LogP) is 6.27. The van der Waals surface area contributed by atoms with Crippen LogP contribution in [0.5, 0.6) is 11.5 Å². The molecule has 0 bridgehead atoms. The van der Waals surface area contributed by atoms with Crippen LogP contribution >= 0.6 is 15.9 Å². The van der Waals surface area contributed by atoms with Crippen LogP contribution in [-0.4, -0.2) is 22.7 Å². The van der Waals surface area contributed by atoms with Gasteiger partial charge >= 0.3 is 0 Å². The Bertz CT molecular complexity index is 1070. The Morgan fingerprint density at radius 3 is 2.58 bits per heavy atom. The van der Waals surface area contributed by atoms with Gasteiger partial charge in [0.2, 0.25) is 5.78 Å². The maximum absolute atomic E-state index is 12.6. The van der Waals surface area contributed by atoms with Gasteiger partial charge in [-0.25, -0.2) is 0 Å². The molecule has 3 aromatic rings. The van der Waals surface area contributed by atoms with Crippen molar-refractivity contribution >= 4 is 27.8 Å². The third kappa shape index (κ3) is 5.64. The van der Waals surface area contributed by atoms with Gasteiger partial charge in [-0.3, -0.25) is 9.48 Å². The molecule has 0 radical (unpaired) electrons. The smallest absolute Gasteiger partial charge is 0.205 e. The van der Waals surface area contributed by atoms with Gasteiger partial charge in [0.25, 0.3) is 0 Å². The first-order chi connectivity index (χ1) is 14.9. The fourth-order valence-corrected chi connectivity index (χ4v) is 3.71. The summed E-state index contributed by atoms with van der Waals surface area (Å²) in [4.78, 5) is 12.6. The fraction of sp³-hybridized carbons (Fsp3) is 0.280. The number of nitrogens with zero attached hydrogens (tertiary/aromatic N) is 2. The van der Waals surface area contributed by atoms with Gasteiger partial charge in [-0.05, 0) is 70.2 Å². The number of halogens is 1. The Balaban J connectivity index is 1.74. The van der Waals surface area contributed by atoms with Gasteiger partial charge in [0.05, 0.1) is 17.8 Å².